The fraction of sp³-hybridized carbons (Fsp3) is 0.172. The van der Waals surface area contributed by atoms with Crippen molar-refractivity contribution in [2.45, 2.75) is 38.3 Å². The van der Waals surface area contributed by atoms with Crippen molar-refractivity contribution < 1.29 is 18.9 Å². The van der Waals surface area contributed by atoms with Gasteiger partial charge in [-0.05, 0) is 108 Å². The maximum absolute atomic E-state index is 5.57. The van der Waals surface area contributed by atoms with Gasteiger partial charge < -0.3 is 18.9 Å². The number of hydrogen-bond acceptors (Lipinski definition) is 10. The number of aromatic nitrogens is 4. The lowest BCUT2D eigenvalue weighted by molar-refractivity contribution is 0.0519. The molecule has 68 heavy (non-hydrogen) atoms. The maximum Gasteiger partial charge on any atom is 0.119 e. The molecule has 0 N–H and O–H groups in total. The smallest absolute Gasteiger partial charge is 0.119 e. The third kappa shape index (κ3) is 9.64. The molecule has 0 aliphatic heterocycles. The SMILES string of the molecule is COc1ccc2nc(CN(Cc3ccc4cc(OC)ccc4n3)C(c3ccccc3)C(c3ccccc3)N(Cc3ccc4cc(OC)ccc4n3)Cc3ccc4cc(OC)ccc4n3)ccc2c1. The molecule has 10 aromatic rings. The second-order valence-corrected chi connectivity index (χ2v) is 17.0. The quantitative estimate of drug-likeness (QED) is 0.0879. The third-order valence-electron chi connectivity index (χ3n) is 12.6. The summed E-state index contributed by atoms with van der Waals surface area (Å²) in [7, 11) is 6.76. The Morgan fingerprint density at radius 3 is 0.838 bits per heavy atom. The number of methoxy groups -OCH3 is 4. The molecule has 10 rings (SSSR count). The van der Waals surface area contributed by atoms with Gasteiger partial charge in [0.05, 0.1) is 85.4 Å². The molecule has 0 bridgehead atoms. The topological polar surface area (TPSA) is 95.0 Å². The number of pyridine rings is 4. The molecule has 6 aromatic carbocycles. The zero-order chi connectivity index (χ0) is 46.4. The van der Waals surface area contributed by atoms with E-state index in [0.29, 0.717) is 26.2 Å². The van der Waals surface area contributed by atoms with E-state index in [-0.39, 0.29) is 12.1 Å². The van der Waals surface area contributed by atoms with Crippen molar-refractivity contribution in [1.82, 2.24) is 29.7 Å². The van der Waals surface area contributed by atoms with E-state index in [2.05, 4.69) is 119 Å². The van der Waals surface area contributed by atoms with Crippen LogP contribution >= 0.6 is 0 Å². The molecular weight excluding hydrogens is 845 g/mol. The van der Waals surface area contributed by atoms with Gasteiger partial charge in [-0.3, -0.25) is 29.7 Å². The van der Waals surface area contributed by atoms with Crippen molar-refractivity contribution in [2.75, 3.05) is 28.4 Å². The summed E-state index contributed by atoms with van der Waals surface area (Å²) >= 11 is 0. The first-order valence-corrected chi connectivity index (χ1v) is 22.8. The summed E-state index contributed by atoms with van der Waals surface area (Å²) in [6.45, 7) is 2.08. The lowest BCUT2D eigenvalue weighted by Gasteiger charge is -2.43. The van der Waals surface area contributed by atoms with E-state index in [0.717, 1.165) is 101 Å². The van der Waals surface area contributed by atoms with Gasteiger partial charge in [-0.15, -0.1) is 0 Å². The van der Waals surface area contributed by atoms with Crippen molar-refractivity contribution >= 4 is 43.6 Å². The van der Waals surface area contributed by atoms with Crippen LogP contribution in [-0.2, 0) is 26.2 Å². The summed E-state index contributed by atoms with van der Waals surface area (Å²) < 4.78 is 22.3. The zero-order valence-corrected chi connectivity index (χ0v) is 38.6. The first-order valence-electron chi connectivity index (χ1n) is 22.8. The summed E-state index contributed by atoms with van der Waals surface area (Å²) in [5.41, 5.74) is 9.65. The number of hydrogen-bond donors (Lipinski definition) is 0. The molecule has 2 atom stereocenters. The van der Waals surface area contributed by atoms with Gasteiger partial charge in [0, 0.05) is 47.7 Å². The Morgan fingerprint density at radius 1 is 0.324 bits per heavy atom. The van der Waals surface area contributed by atoms with Crippen molar-refractivity contribution in [3.63, 3.8) is 0 Å². The van der Waals surface area contributed by atoms with Gasteiger partial charge in [0.1, 0.15) is 23.0 Å². The number of ether oxygens (including phenoxy) is 4. The van der Waals surface area contributed by atoms with E-state index in [9.17, 15) is 0 Å². The highest BCUT2D eigenvalue weighted by atomic mass is 16.5. The van der Waals surface area contributed by atoms with E-state index >= 15 is 0 Å². The van der Waals surface area contributed by atoms with Crippen LogP contribution in [0.3, 0.4) is 0 Å². The second-order valence-electron chi connectivity index (χ2n) is 17.0. The Balaban J connectivity index is 1.15. The maximum atomic E-state index is 5.57. The summed E-state index contributed by atoms with van der Waals surface area (Å²) in [5.74, 6) is 3.18. The van der Waals surface area contributed by atoms with Crippen LogP contribution in [0.15, 0.2) is 182 Å². The lowest BCUT2D eigenvalue weighted by Crippen LogP contribution is -2.41. The third-order valence-corrected chi connectivity index (χ3v) is 12.6. The molecule has 0 aliphatic rings. The molecule has 4 aromatic heterocycles. The largest absolute Gasteiger partial charge is 0.497 e. The fourth-order valence-electron chi connectivity index (χ4n) is 9.27. The van der Waals surface area contributed by atoms with Crippen LogP contribution in [0.5, 0.6) is 23.0 Å². The van der Waals surface area contributed by atoms with Gasteiger partial charge >= 0.3 is 0 Å². The van der Waals surface area contributed by atoms with Crippen LogP contribution in [0.1, 0.15) is 46.0 Å². The minimum absolute atomic E-state index is 0.241. The van der Waals surface area contributed by atoms with E-state index in [1.165, 1.54) is 0 Å². The van der Waals surface area contributed by atoms with Crippen molar-refractivity contribution in [3.8, 4) is 23.0 Å². The summed E-state index contributed by atoms with van der Waals surface area (Å²) in [4.78, 5) is 26.2. The van der Waals surface area contributed by atoms with Gasteiger partial charge in [-0.1, -0.05) is 84.9 Å². The first-order chi connectivity index (χ1) is 33.4. The standard InChI is InChI=1S/C58H52N6O4/c1-65-49-23-27-53-41(31-49)15-19-45(59-53)35-63(36-46-20-16-42-32-50(66-2)24-28-54(42)60-46)57(39-11-7-5-8-12-39)58(40-13-9-6-10-14-40)64(37-47-21-17-43-33-51(67-3)25-29-55(43)61-47)38-48-22-18-44-34-52(68-4)26-30-56(44)62-48/h5-34,57-58H,35-38H2,1-4H3. The van der Waals surface area contributed by atoms with Crippen LogP contribution in [0.2, 0.25) is 0 Å². The number of fused-ring (bicyclic) bond motifs is 4. The fourth-order valence-corrected chi connectivity index (χ4v) is 9.27. The van der Waals surface area contributed by atoms with Gasteiger partial charge in [-0.2, -0.15) is 0 Å². The Labute approximate surface area is 396 Å². The predicted molar refractivity (Wildman–Crippen MR) is 270 cm³/mol. The number of rotatable bonds is 17. The Hall–Kier alpha value is -7.92. The molecule has 338 valence electrons. The van der Waals surface area contributed by atoms with Crippen LogP contribution in [0.4, 0.5) is 0 Å². The second kappa shape index (κ2) is 19.9. The first kappa shape index (κ1) is 43.9. The van der Waals surface area contributed by atoms with Crippen LogP contribution < -0.4 is 18.9 Å². The highest BCUT2D eigenvalue weighted by molar-refractivity contribution is 5.82. The summed E-state index contributed by atoms with van der Waals surface area (Å²) in [6.07, 6.45) is 0. The molecule has 0 saturated carbocycles. The van der Waals surface area contributed by atoms with Crippen molar-refractivity contribution in [1.29, 1.82) is 0 Å². The molecule has 0 radical (unpaired) electrons. The van der Waals surface area contributed by atoms with Crippen LogP contribution in [-0.4, -0.2) is 58.2 Å². The van der Waals surface area contributed by atoms with Gasteiger partial charge in [-0.25, -0.2) is 0 Å². The van der Waals surface area contributed by atoms with Crippen molar-refractivity contribution in [2.24, 2.45) is 0 Å². The molecule has 4 heterocycles. The Bertz CT molecular complexity index is 2950. The van der Waals surface area contributed by atoms with E-state index in [1.807, 2.05) is 72.8 Å². The Kier molecular flexibility index (Phi) is 12.9. The minimum Gasteiger partial charge on any atom is -0.497 e. The highest BCUT2D eigenvalue weighted by Crippen LogP contribution is 2.42. The molecule has 0 aliphatic carbocycles. The molecule has 0 amide bonds. The average Bonchev–Trinajstić information content (AvgIpc) is 3.39. The van der Waals surface area contributed by atoms with E-state index in [4.69, 9.17) is 38.9 Å². The predicted octanol–water partition coefficient (Wildman–Crippen LogP) is 12.1. The van der Waals surface area contributed by atoms with Gasteiger partial charge in [0.15, 0.2) is 0 Å². The minimum atomic E-state index is -0.241. The molecule has 10 heteroatoms. The summed E-state index contributed by atoms with van der Waals surface area (Å²) in [5, 5.41) is 4.06. The van der Waals surface area contributed by atoms with Gasteiger partial charge in [0.25, 0.3) is 0 Å². The molecular formula is C58H52N6O4. The number of nitrogens with zero attached hydrogens (tertiary/aromatic N) is 6. The zero-order valence-electron chi connectivity index (χ0n) is 38.6. The molecule has 0 fully saturated rings. The highest BCUT2D eigenvalue weighted by Gasteiger charge is 2.36. The lowest BCUT2D eigenvalue weighted by atomic mass is 9.89. The normalized spacial score (nSPS) is 12.5. The van der Waals surface area contributed by atoms with Crippen LogP contribution in [0.25, 0.3) is 43.6 Å². The average molecular weight is 897 g/mol. The van der Waals surface area contributed by atoms with E-state index in [1.54, 1.807) is 28.4 Å². The molecule has 0 spiro atoms. The van der Waals surface area contributed by atoms with Crippen molar-refractivity contribution in [3.05, 3.63) is 216 Å². The monoisotopic (exact) mass is 896 g/mol. The van der Waals surface area contributed by atoms with Crippen LogP contribution in [0, 0.1) is 0 Å². The van der Waals surface area contributed by atoms with E-state index < -0.39 is 0 Å². The molecule has 2 unspecified atom stereocenters. The van der Waals surface area contributed by atoms with Gasteiger partial charge in [0.2, 0.25) is 0 Å². The Morgan fingerprint density at radius 2 is 0.588 bits per heavy atom. The molecule has 0 saturated heterocycles. The summed E-state index contributed by atoms with van der Waals surface area (Å²) in [6, 6.07) is 62.4. The molecule has 10 nitrogen and oxygen atoms in total. The number of benzene rings is 6.